The molecule has 3 amide bonds. The van der Waals surface area contributed by atoms with E-state index in [2.05, 4.69) is 10.3 Å². The number of carbonyl (C=O) groups excluding carboxylic acids is 2. The summed E-state index contributed by atoms with van der Waals surface area (Å²) in [5.41, 5.74) is 1.06. The van der Waals surface area contributed by atoms with Gasteiger partial charge in [0.25, 0.3) is 5.91 Å². The first kappa shape index (κ1) is 19.4. The summed E-state index contributed by atoms with van der Waals surface area (Å²) in [4.78, 5) is 33.3. The number of hydrogen-bond donors (Lipinski definition) is 2. The van der Waals surface area contributed by atoms with Crippen molar-refractivity contribution in [3.05, 3.63) is 66.0 Å². The minimum absolute atomic E-state index is 0.0236. The molecule has 0 unspecified atom stereocenters. The van der Waals surface area contributed by atoms with Gasteiger partial charge in [0.05, 0.1) is 23.8 Å². The first-order chi connectivity index (χ1) is 14.1. The van der Waals surface area contributed by atoms with Crippen molar-refractivity contribution in [2.75, 3.05) is 26.2 Å². The maximum Gasteiger partial charge on any atom is 0.317 e. The van der Waals surface area contributed by atoms with E-state index in [1.807, 2.05) is 37.3 Å². The molecular weight excluding hydrogens is 368 g/mol. The summed E-state index contributed by atoms with van der Waals surface area (Å²) in [6, 6.07) is 13.0. The van der Waals surface area contributed by atoms with Crippen molar-refractivity contribution in [1.29, 1.82) is 0 Å². The molecule has 0 aliphatic carbocycles. The molecule has 0 bridgehead atoms. The summed E-state index contributed by atoms with van der Waals surface area (Å²) < 4.78 is 0. The second-order valence-electron chi connectivity index (χ2n) is 7.75. The number of pyridine rings is 1. The first-order valence-electron chi connectivity index (χ1n) is 10.0. The fraction of sp³-hybridized carbons (Fsp3) is 0.409. The van der Waals surface area contributed by atoms with Crippen molar-refractivity contribution in [2.24, 2.45) is 0 Å². The highest BCUT2D eigenvalue weighted by Gasteiger charge is 2.68. The van der Waals surface area contributed by atoms with Gasteiger partial charge in [0.15, 0.2) is 0 Å². The summed E-state index contributed by atoms with van der Waals surface area (Å²) >= 11 is 0. The minimum atomic E-state index is -0.509. The van der Waals surface area contributed by atoms with Gasteiger partial charge in [0.2, 0.25) is 0 Å². The average molecular weight is 394 g/mol. The highest BCUT2D eigenvalue weighted by Crippen LogP contribution is 2.54. The summed E-state index contributed by atoms with van der Waals surface area (Å²) in [6.45, 7) is 3.40. The summed E-state index contributed by atoms with van der Waals surface area (Å²) in [5.74, 6) is -0.178. The van der Waals surface area contributed by atoms with Crippen molar-refractivity contribution in [3.63, 3.8) is 0 Å². The number of urea groups is 1. The van der Waals surface area contributed by atoms with Gasteiger partial charge in [-0.2, -0.15) is 0 Å². The maximum absolute atomic E-state index is 13.3. The number of hydrogen-bond acceptors (Lipinski definition) is 4. The summed E-state index contributed by atoms with van der Waals surface area (Å²) in [7, 11) is 0. The number of aromatic nitrogens is 1. The quantitative estimate of drug-likeness (QED) is 0.811. The molecule has 2 saturated heterocycles. The van der Waals surface area contributed by atoms with E-state index in [9.17, 15) is 14.7 Å². The molecule has 2 aromatic rings. The normalized spacial score (nSPS) is 22.0. The Morgan fingerprint density at radius 2 is 1.97 bits per heavy atom. The molecule has 29 heavy (non-hydrogen) atoms. The van der Waals surface area contributed by atoms with E-state index in [1.54, 1.807) is 34.3 Å². The van der Waals surface area contributed by atoms with Crippen molar-refractivity contribution in [2.45, 2.75) is 30.8 Å². The van der Waals surface area contributed by atoms with Crippen LogP contribution in [-0.2, 0) is 0 Å². The maximum atomic E-state index is 13.3. The number of nitrogens with zero attached hydrogens (tertiary/aromatic N) is 3. The minimum Gasteiger partial charge on any atom is -0.394 e. The lowest BCUT2D eigenvalue weighted by atomic mass is 9.60. The smallest absolute Gasteiger partial charge is 0.317 e. The lowest BCUT2D eigenvalue weighted by Crippen LogP contribution is -2.86. The molecule has 0 radical (unpaired) electrons. The third-order valence-corrected chi connectivity index (χ3v) is 5.99. The third-order valence-electron chi connectivity index (χ3n) is 5.99. The predicted molar refractivity (Wildman–Crippen MR) is 108 cm³/mol. The molecule has 0 saturated carbocycles. The van der Waals surface area contributed by atoms with Crippen LogP contribution in [0.2, 0.25) is 0 Å². The Kier molecular flexibility index (Phi) is 5.24. The largest absolute Gasteiger partial charge is 0.394 e. The Balaban J connectivity index is 1.63. The van der Waals surface area contributed by atoms with Crippen molar-refractivity contribution >= 4 is 11.9 Å². The van der Waals surface area contributed by atoms with Crippen LogP contribution >= 0.6 is 0 Å². The highest BCUT2D eigenvalue weighted by atomic mass is 16.3. The van der Waals surface area contributed by atoms with Gasteiger partial charge >= 0.3 is 6.03 Å². The van der Waals surface area contributed by atoms with E-state index in [1.165, 1.54) is 0 Å². The number of aliphatic hydroxyl groups is 1. The molecule has 2 fully saturated rings. The second-order valence-corrected chi connectivity index (χ2v) is 7.75. The van der Waals surface area contributed by atoms with Crippen LogP contribution in [0.3, 0.4) is 0 Å². The fourth-order valence-corrected chi connectivity index (χ4v) is 4.72. The van der Waals surface area contributed by atoms with Crippen LogP contribution in [-0.4, -0.2) is 69.7 Å². The SMILES string of the molecule is CCCNC(=O)N1CC2(C1)[C@H](c1ccccc1)[C@H](CO)N2C(=O)c1cccnc1. The standard InChI is InChI=1S/C22H26N4O3/c1-2-10-24-21(29)25-14-22(15-25)19(16-7-4-3-5-8-16)18(13-27)26(22)20(28)17-9-6-11-23-12-17/h3-9,11-12,18-19,27H,2,10,13-15H2,1H3,(H,24,29)/t18-,19+/m0/s1. The van der Waals surface area contributed by atoms with Gasteiger partial charge in [-0.1, -0.05) is 37.3 Å². The van der Waals surface area contributed by atoms with Gasteiger partial charge in [-0.3, -0.25) is 9.78 Å². The monoisotopic (exact) mass is 394 g/mol. The Labute approximate surface area is 170 Å². The molecule has 7 nitrogen and oxygen atoms in total. The molecule has 4 rings (SSSR count). The zero-order valence-electron chi connectivity index (χ0n) is 16.5. The van der Waals surface area contributed by atoms with Gasteiger partial charge in [-0.15, -0.1) is 0 Å². The number of nitrogens with one attached hydrogen (secondary N) is 1. The van der Waals surface area contributed by atoms with Crippen molar-refractivity contribution in [3.8, 4) is 0 Å². The van der Waals surface area contributed by atoms with Gasteiger partial charge in [0.1, 0.15) is 0 Å². The Morgan fingerprint density at radius 3 is 2.59 bits per heavy atom. The molecule has 1 aromatic heterocycles. The first-order valence-corrected chi connectivity index (χ1v) is 10.0. The predicted octanol–water partition coefficient (Wildman–Crippen LogP) is 1.86. The Hall–Kier alpha value is -2.93. The van der Waals surface area contributed by atoms with E-state index in [-0.39, 0.29) is 30.5 Å². The van der Waals surface area contributed by atoms with Crippen LogP contribution < -0.4 is 5.32 Å². The number of aliphatic hydroxyl groups excluding tert-OH is 1. The number of rotatable bonds is 5. The van der Waals surface area contributed by atoms with E-state index >= 15 is 0 Å². The Morgan fingerprint density at radius 1 is 1.21 bits per heavy atom. The second kappa shape index (κ2) is 7.83. The van der Waals surface area contributed by atoms with Crippen molar-refractivity contribution < 1.29 is 14.7 Å². The lowest BCUT2D eigenvalue weighted by Gasteiger charge is -2.70. The van der Waals surface area contributed by atoms with E-state index in [0.717, 1.165) is 12.0 Å². The molecule has 2 atom stereocenters. The summed E-state index contributed by atoms with van der Waals surface area (Å²) in [5, 5.41) is 13.0. The molecule has 7 heteroatoms. The van der Waals surface area contributed by atoms with E-state index in [0.29, 0.717) is 25.2 Å². The molecule has 2 aliphatic heterocycles. The molecule has 2 N–H and O–H groups in total. The van der Waals surface area contributed by atoms with Crippen LogP contribution in [0.25, 0.3) is 0 Å². The number of carbonyl (C=O) groups is 2. The average Bonchev–Trinajstić information content (AvgIpc) is 2.72. The lowest BCUT2D eigenvalue weighted by molar-refractivity contribution is -0.150. The Bertz CT molecular complexity index is 868. The zero-order chi connectivity index (χ0) is 20.4. The molecule has 152 valence electrons. The van der Waals surface area contributed by atoms with Crippen LogP contribution in [0.15, 0.2) is 54.9 Å². The van der Waals surface area contributed by atoms with Crippen LogP contribution in [0.1, 0.15) is 35.2 Å². The molecule has 1 aromatic carbocycles. The molecule has 2 aliphatic rings. The van der Waals surface area contributed by atoms with E-state index in [4.69, 9.17) is 0 Å². The fourth-order valence-electron chi connectivity index (χ4n) is 4.72. The van der Waals surface area contributed by atoms with Crippen molar-refractivity contribution in [1.82, 2.24) is 20.1 Å². The van der Waals surface area contributed by atoms with Gasteiger partial charge in [-0.25, -0.2) is 4.79 Å². The zero-order valence-corrected chi connectivity index (χ0v) is 16.5. The van der Waals surface area contributed by atoms with Crippen LogP contribution in [0.5, 0.6) is 0 Å². The molecular formula is C22H26N4O3. The topological polar surface area (TPSA) is 85.8 Å². The van der Waals surface area contributed by atoms with Crippen LogP contribution in [0, 0.1) is 0 Å². The van der Waals surface area contributed by atoms with E-state index < -0.39 is 5.54 Å². The highest BCUT2D eigenvalue weighted by molar-refractivity contribution is 5.96. The number of likely N-dealkylation sites (tertiary alicyclic amines) is 2. The number of benzene rings is 1. The van der Waals surface area contributed by atoms with Gasteiger partial charge in [0, 0.05) is 37.9 Å². The summed E-state index contributed by atoms with van der Waals surface area (Å²) in [6.07, 6.45) is 4.04. The third kappa shape index (κ3) is 3.15. The van der Waals surface area contributed by atoms with Crippen LogP contribution in [0.4, 0.5) is 4.79 Å². The molecule has 3 heterocycles. The molecule has 1 spiro atoms. The number of amides is 3. The van der Waals surface area contributed by atoms with Gasteiger partial charge in [-0.05, 0) is 24.1 Å². The van der Waals surface area contributed by atoms with Gasteiger partial charge < -0.3 is 20.2 Å².